The molecule has 5 aromatic rings. The number of benzene rings is 5. The van der Waals surface area contributed by atoms with Crippen LogP contribution >= 0.6 is 0 Å². The van der Waals surface area contributed by atoms with Crippen molar-refractivity contribution in [3.05, 3.63) is 186 Å². The number of aryl methyl sites for hydroxylation is 5. The van der Waals surface area contributed by atoms with Crippen molar-refractivity contribution in [3.8, 4) is 0 Å². The molecule has 0 saturated heterocycles. The smallest absolute Gasteiger partial charge is 0.261 e. The Morgan fingerprint density at radius 2 is 0.767 bits per heavy atom. The van der Waals surface area contributed by atoms with Gasteiger partial charge in [0.15, 0.2) is 0 Å². The van der Waals surface area contributed by atoms with Crippen molar-refractivity contribution in [2.75, 3.05) is 21.1 Å². The molecule has 2 aliphatic carbocycles. The molecular formula is C53H59N3O4. The molecule has 3 aliphatic heterocycles. The Morgan fingerprint density at radius 1 is 0.383 bits per heavy atom. The molecule has 4 amide bonds. The topological polar surface area (TPSA) is 78.0 Å². The van der Waals surface area contributed by atoms with Crippen LogP contribution in [0.5, 0.6) is 0 Å². The summed E-state index contributed by atoms with van der Waals surface area (Å²) in [4.78, 5) is 50.4. The van der Waals surface area contributed by atoms with Gasteiger partial charge in [0.25, 0.3) is 23.6 Å². The van der Waals surface area contributed by atoms with Gasteiger partial charge in [-0.2, -0.15) is 0 Å². The van der Waals surface area contributed by atoms with Gasteiger partial charge >= 0.3 is 0 Å². The fourth-order valence-corrected chi connectivity index (χ4v) is 7.88. The molecule has 0 radical (unpaired) electrons. The highest BCUT2D eigenvalue weighted by molar-refractivity contribution is 6.21. The lowest BCUT2D eigenvalue weighted by molar-refractivity contribution is 0.0691. The summed E-state index contributed by atoms with van der Waals surface area (Å²) in [5.41, 5.74) is 19.9. The summed E-state index contributed by atoms with van der Waals surface area (Å²) in [6, 6.07) is 30.7. The molecule has 60 heavy (non-hydrogen) atoms. The van der Waals surface area contributed by atoms with Crippen LogP contribution in [0.2, 0.25) is 0 Å². The zero-order valence-corrected chi connectivity index (χ0v) is 36.1. The second-order valence-electron chi connectivity index (χ2n) is 16.6. The minimum absolute atomic E-state index is 0. The number of hydrogen-bond acceptors (Lipinski definition) is 4. The molecule has 0 bridgehead atoms. The first-order valence-corrected chi connectivity index (χ1v) is 20.2. The van der Waals surface area contributed by atoms with Gasteiger partial charge in [0.05, 0.1) is 11.1 Å². The molecule has 10 rings (SSSR count). The molecule has 0 aromatic heterocycles. The number of allylic oxidation sites excluding steroid dienone is 2. The number of amides is 4. The summed E-state index contributed by atoms with van der Waals surface area (Å²) in [6.07, 6.45) is 6.86. The van der Waals surface area contributed by atoms with E-state index in [1.807, 2.05) is 71.3 Å². The van der Waals surface area contributed by atoms with Crippen LogP contribution in [-0.4, -0.2) is 59.5 Å². The third-order valence-corrected chi connectivity index (χ3v) is 11.1. The quantitative estimate of drug-likeness (QED) is 0.146. The predicted octanol–water partition coefficient (Wildman–Crippen LogP) is 10.9. The van der Waals surface area contributed by atoms with Crippen LogP contribution in [-0.2, 0) is 25.9 Å². The Bertz CT molecular complexity index is 2490. The summed E-state index contributed by atoms with van der Waals surface area (Å²) in [5.74, 6) is -0.123. The lowest BCUT2D eigenvalue weighted by Gasteiger charge is -2.04. The van der Waals surface area contributed by atoms with Crippen LogP contribution < -0.4 is 0 Å². The Kier molecular flexibility index (Phi) is 14.0. The third-order valence-electron chi connectivity index (χ3n) is 11.1. The summed E-state index contributed by atoms with van der Waals surface area (Å²) in [6.45, 7) is 16.1. The van der Waals surface area contributed by atoms with Crippen molar-refractivity contribution in [1.29, 1.82) is 0 Å². The van der Waals surface area contributed by atoms with Crippen molar-refractivity contribution in [2.45, 2.75) is 81.8 Å². The SMILES string of the molecule is C.CC1=Cc2cc(C)ccc2C1.CC1=Cc2cc(C)ccc2C1.Cc1ccc2c(c1)C(=O)N(C)C2.Cc1ccc2c(c1)C(=O)N(C)C2=O.Cc1ccc2c(c1)CN(C)C2=O. The van der Waals surface area contributed by atoms with Gasteiger partial charge in [0.2, 0.25) is 0 Å². The largest absolute Gasteiger partial charge is 0.337 e. The maximum Gasteiger partial charge on any atom is 0.261 e. The number of fused-ring (bicyclic) bond motifs is 5. The van der Waals surface area contributed by atoms with Gasteiger partial charge < -0.3 is 9.80 Å². The van der Waals surface area contributed by atoms with Crippen molar-refractivity contribution in [3.63, 3.8) is 0 Å². The average molecular weight is 802 g/mol. The fraction of sp³-hybridized carbons (Fsp3) is 0.283. The Hall–Kier alpha value is -6.34. The fourth-order valence-electron chi connectivity index (χ4n) is 7.88. The summed E-state index contributed by atoms with van der Waals surface area (Å²) in [7, 11) is 5.16. The van der Waals surface area contributed by atoms with Crippen LogP contribution in [0.25, 0.3) is 12.2 Å². The number of carbonyl (C=O) groups is 4. The normalized spacial score (nSPS) is 14.7. The number of carbonyl (C=O) groups excluding carboxylic acids is 4. The van der Waals surface area contributed by atoms with E-state index in [-0.39, 0.29) is 31.1 Å². The van der Waals surface area contributed by atoms with Crippen molar-refractivity contribution in [1.82, 2.24) is 14.7 Å². The first-order valence-electron chi connectivity index (χ1n) is 20.2. The van der Waals surface area contributed by atoms with Crippen LogP contribution in [0.4, 0.5) is 0 Å². The van der Waals surface area contributed by atoms with Crippen molar-refractivity contribution >= 4 is 35.8 Å². The van der Waals surface area contributed by atoms with Gasteiger partial charge in [0.1, 0.15) is 0 Å². The highest BCUT2D eigenvalue weighted by Crippen LogP contribution is 2.27. The molecule has 310 valence electrons. The van der Waals surface area contributed by atoms with E-state index in [0.717, 1.165) is 64.2 Å². The summed E-state index contributed by atoms with van der Waals surface area (Å²) in [5, 5.41) is 0. The first-order chi connectivity index (χ1) is 28.0. The standard InChI is InChI=1S/2C11H12.C10H9NO2.2C10H11NO.CH4/c2*1-8-3-4-10-6-9(2)7-11(10)5-8;1-6-3-4-7-8(5-6)10(13)11(2)9(7)12;1-7-3-4-9-8(5-7)6-11(2)10(9)12;1-7-3-4-8-6-11(2)10(12)9(8)5-7;/h2*3-5,7H,6H2,1-2H3;3-5H,1-2H3;2*3-5H,6H2,1-2H3;1H4. The summed E-state index contributed by atoms with van der Waals surface area (Å²) >= 11 is 0. The molecule has 0 unspecified atom stereocenters. The minimum atomic E-state index is -0.208. The van der Waals surface area contributed by atoms with Gasteiger partial charge in [-0.1, -0.05) is 125 Å². The molecule has 5 aromatic carbocycles. The molecule has 3 heterocycles. The summed E-state index contributed by atoms with van der Waals surface area (Å²) < 4.78 is 0. The van der Waals surface area contributed by atoms with Gasteiger partial charge in [0, 0.05) is 45.4 Å². The average Bonchev–Trinajstić information content (AvgIpc) is 3.96. The zero-order valence-electron chi connectivity index (χ0n) is 36.1. The van der Waals surface area contributed by atoms with E-state index >= 15 is 0 Å². The van der Waals surface area contributed by atoms with Gasteiger partial charge in [-0.3, -0.25) is 24.1 Å². The van der Waals surface area contributed by atoms with Gasteiger partial charge in [-0.15, -0.1) is 0 Å². The van der Waals surface area contributed by atoms with E-state index in [1.165, 1.54) is 57.1 Å². The molecule has 0 atom stereocenters. The molecule has 0 fully saturated rings. The number of imide groups is 1. The first kappa shape index (κ1) is 44.8. The maximum absolute atomic E-state index is 11.5. The van der Waals surface area contributed by atoms with E-state index in [2.05, 4.69) is 82.3 Å². The van der Waals surface area contributed by atoms with E-state index in [9.17, 15) is 19.2 Å². The molecule has 5 aliphatic rings. The van der Waals surface area contributed by atoms with E-state index in [1.54, 1.807) is 21.9 Å². The van der Waals surface area contributed by atoms with Crippen LogP contribution in [0.1, 0.15) is 124 Å². The van der Waals surface area contributed by atoms with E-state index in [4.69, 9.17) is 0 Å². The number of rotatable bonds is 0. The van der Waals surface area contributed by atoms with E-state index in [0.29, 0.717) is 11.1 Å². The Balaban J connectivity index is 0.000000142. The van der Waals surface area contributed by atoms with Crippen LogP contribution in [0.3, 0.4) is 0 Å². The number of hydrogen-bond donors (Lipinski definition) is 0. The number of nitrogens with zero attached hydrogens (tertiary/aromatic N) is 3. The van der Waals surface area contributed by atoms with Crippen molar-refractivity contribution < 1.29 is 19.2 Å². The molecule has 0 N–H and O–H groups in total. The molecule has 0 spiro atoms. The zero-order chi connectivity index (χ0) is 42.7. The Labute approximate surface area is 357 Å². The molecule has 7 nitrogen and oxygen atoms in total. The van der Waals surface area contributed by atoms with Crippen molar-refractivity contribution in [2.24, 2.45) is 0 Å². The minimum Gasteiger partial charge on any atom is -0.337 e. The highest BCUT2D eigenvalue weighted by atomic mass is 16.2. The maximum atomic E-state index is 11.5. The van der Waals surface area contributed by atoms with Gasteiger partial charge in [-0.25, -0.2) is 0 Å². The lowest BCUT2D eigenvalue weighted by atomic mass is 10.1. The second kappa shape index (κ2) is 18.7. The molecule has 7 heteroatoms. The monoisotopic (exact) mass is 801 g/mol. The second-order valence-corrected chi connectivity index (χ2v) is 16.6. The molecular weight excluding hydrogens is 743 g/mol. The molecule has 0 saturated carbocycles. The van der Waals surface area contributed by atoms with Crippen LogP contribution in [0.15, 0.2) is 102 Å². The third kappa shape index (κ3) is 10.1. The predicted molar refractivity (Wildman–Crippen MR) is 245 cm³/mol. The van der Waals surface area contributed by atoms with Crippen LogP contribution in [0, 0.1) is 34.6 Å². The Morgan fingerprint density at radius 3 is 1.30 bits per heavy atom. The van der Waals surface area contributed by atoms with Gasteiger partial charge in [-0.05, 0) is 119 Å². The van der Waals surface area contributed by atoms with E-state index < -0.39 is 0 Å². The lowest BCUT2D eigenvalue weighted by Crippen LogP contribution is -2.24. The highest BCUT2D eigenvalue weighted by Gasteiger charge is 2.32.